The van der Waals surface area contributed by atoms with Crippen LogP contribution in [0.4, 0.5) is 10.5 Å². The van der Waals surface area contributed by atoms with Gasteiger partial charge >= 0.3 is 6.03 Å². The summed E-state index contributed by atoms with van der Waals surface area (Å²) in [5.41, 5.74) is 1.81. The molecule has 1 atom stereocenters. The van der Waals surface area contributed by atoms with Crippen LogP contribution in [-0.2, 0) is 0 Å². The van der Waals surface area contributed by atoms with E-state index in [9.17, 15) is 4.79 Å². The van der Waals surface area contributed by atoms with E-state index in [0.29, 0.717) is 5.92 Å². The third-order valence-corrected chi connectivity index (χ3v) is 4.28. The molecule has 1 fully saturated rings. The number of amides is 2. The van der Waals surface area contributed by atoms with Gasteiger partial charge in [-0.3, -0.25) is 0 Å². The number of piperidine rings is 1. The molecule has 22 heavy (non-hydrogen) atoms. The van der Waals surface area contributed by atoms with Gasteiger partial charge in [-0.05, 0) is 62.5 Å². The SMILES string of the molecule is CCN1CCC[C@H](CNC(=O)Nc2ccc(OC)cc2C)C1. The van der Waals surface area contributed by atoms with E-state index in [-0.39, 0.29) is 6.03 Å². The average Bonchev–Trinajstić information content (AvgIpc) is 2.55. The summed E-state index contributed by atoms with van der Waals surface area (Å²) in [5, 5.41) is 5.90. The molecule has 1 aliphatic rings. The lowest BCUT2D eigenvalue weighted by atomic mass is 9.98. The highest BCUT2D eigenvalue weighted by atomic mass is 16.5. The van der Waals surface area contributed by atoms with E-state index in [1.165, 1.54) is 19.4 Å². The maximum atomic E-state index is 12.0. The zero-order chi connectivity index (χ0) is 15.9. The standard InChI is InChI=1S/C17H27N3O2/c1-4-20-9-5-6-14(12-20)11-18-17(21)19-16-8-7-15(22-3)10-13(16)2/h7-8,10,14H,4-6,9,11-12H2,1-3H3,(H2,18,19,21)/t14-/m1/s1. The van der Waals surface area contributed by atoms with Gasteiger partial charge in [0.15, 0.2) is 0 Å². The Balaban J connectivity index is 1.80. The van der Waals surface area contributed by atoms with Gasteiger partial charge in [0.25, 0.3) is 0 Å². The van der Waals surface area contributed by atoms with E-state index < -0.39 is 0 Å². The molecule has 1 aromatic carbocycles. The lowest BCUT2D eigenvalue weighted by molar-refractivity contribution is 0.180. The van der Waals surface area contributed by atoms with Crippen LogP contribution in [0.1, 0.15) is 25.3 Å². The second kappa shape index (κ2) is 8.03. The summed E-state index contributed by atoms with van der Waals surface area (Å²) in [4.78, 5) is 14.5. The number of hydrogen-bond donors (Lipinski definition) is 2. The fourth-order valence-corrected chi connectivity index (χ4v) is 2.91. The number of likely N-dealkylation sites (tertiary alicyclic amines) is 1. The first kappa shape index (κ1) is 16.6. The largest absolute Gasteiger partial charge is 0.497 e. The Labute approximate surface area is 133 Å². The maximum Gasteiger partial charge on any atom is 0.319 e. The number of rotatable bonds is 5. The number of carbonyl (C=O) groups excluding carboxylic acids is 1. The Morgan fingerprint density at radius 1 is 1.45 bits per heavy atom. The first-order valence-electron chi connectivity index (χ1n) is 8.04. The number of nitrogens with one attached hydrogen (secondary N) is 2. The highest BCUT2D eigenvalue weighted by Crippen LogP contribution is 2.21. The average molecular weight is 305 g/mol. The van der Waals surface area contributed by atoms with Crippen molar-refractivity contribution in [3.63, 3.8) is 0 Å². The van der Waals surface area contributed by atoms with Crippen molar-refractivity contribution in [2.45, 2.75) is 26.7 Å². The van der Waals surface area contributed by atoms with Crippen molar-refractivity contribution in [3.05, 3.63) is 23.8 Å². The zero-order valence-corrected chi connectivity index (χ0v) is 13.8. The van der Waals surface area contributed by atoms with E-state index in [1.54, 1.807) is 7.11 Å². The van der Waals surface area contributed by atoms with Crippen LogP contribution in [-0.4, -0.2) is 44.2 Å². The molecule has 5 nitrogen and oxygen atoms in total. The molecule has 0 unspecified atom stereocenters. The Morgan fingerprint density at radius 3 is 2.95 bits per heavy atom. The molecular weight excluding hydrogens is 278 g/mol. The van der Waals surface area contributed by atoms with Crippen LogP contribution < -0.4 is 15.4 Å². The van der Waals surface area contributed by atoms with Crippen LogP contribution in [0.3, 0.4) is 0 Å². The summed E-state index contributed by atoms with van der Waals surface area (Å²) < 4.78 is 5.17. The van der Waals surface area contributed by atoms with Gasteiger partial charge in [-0.15, -0.1) is 0 Å². The Bertz CT molecular complexity index is 505. The minimum atomic E-state index is -0.137. The van der Waals surface area contributed by atoms with Gasteiger partial charge in [-0.25, -0.2) is 4.79 Å². The number of carbonyl (C=O) groups is 1. The summed E-state index contributed by atoms with van der Waals surface area (Å²) in [6.45, 7) is 8.24. The van der Waals surface area contributed by atoms with E-state index in [0.717, 1.165) is 36.6 Å². The number of hydrogen-bond acceptors (Lipinski definition) is 3. The Kier molecular flexibility index (Phi) is 6.07. The van der Waals surface area contributed by atoms with Gasteiger partial charge in [-0.1, -0.05) is 6.92 Å². The first-order valence-corrected chi connectivity index (χ1v) is 8.04. The zero-order valence-electron chi connectivity index (χ0n) is 13.8. The number of ether oxygens (including phenoxy) is 1. The predicted molar refractivity (Wildman–Crippen MR) is 89.6 cm³/mol. The summed E-state index contributed by atoms with van der Waals surface area (Å²) in [6, 6.07) is 5.49. The number of urea groups is 1. The summed E-state index contributed by atoms with van der Waals surface area (Å²) in [6.07, 6.45) is 2.41. The van der Waals surface area contributed by atoms with Crippen molar-refractivity contribution in [1.82, 2.24) is 10.2 Å². The van der Waals surface area contributed by atoms with E-state index in [2.05, 4.69) is 22.5 Å². The van der Waals surface area contributed by atoms with Crippen molar-refractivity contribution in [2.24, 2.45) is 5.92 Å². The molecule has 0 aliphatic carbocycles. The first-order chi connectivity index (χ1) is 10.6. The fraction of sp³-hybridized carbons (Fsp3) is 0.588. The third-order valence-electron chi connectivity index (χ3n) is 4.28. The van der Waals surface area contributed by atoms with Gasteiger partial charge in [-0.2, -0.15) is 0 Å². The fourth-order valence-electron chi connectivity index (χ4n) is 2.91. The number of anilines is 1. The van der Waals surface area contributed by atoms with Crippen LogP contribution in [0.15, 0.2) is 18.2 Å². The lowest BCUT2D eigenvalue weighted by Gasteiger charge is -2.31. The van der Waals surface area contributed by atoms with Gasteiger partial charge in [0.2, 0.25) is 0 Å². The van der Waals surface area contributed by atoms with Crippen molar-refractivity contribution < 1.29 is 9.53 Å². The molecule has 0 spiro atoms. The predicted octanol–water partition coefficient (Wildman–Crippen LogP) is 2.86. The number of methoxy groups -OCH3 is 1. The monoisotopic (exact) mass is 305 g/mol. The number of benzene rings is 1. The second-order valence-corrected chi connectivity index (χ2v) is 5.92. The third kappa shape index (κ3) is 4.63. The molecule has 1 saturated heterocycles. The smallest absolute Gasteiger partial charge is 0.319 e. The normalized spacial score (nSPS) is 18.8. The van der Waals surface area contributed by atoms with Crippen LogP contribution in [0.5, 0.6) is 5.75 Å². The summed E-state index contributed by atoms with van der Waals surface area (Å²) in [5.74, 6) is 1.35. The highest BCUT2D eigenvalue weighted by molar-refractivity contribution is 5.90. The van der Waals surface area contributed by atoms with Crippen LogP contribution in [0.2, 0.25) is 0 Å². The van der Waals surface area contributed by atoms with Gasteiger partial charge in [0, 0.05) is 18.8 Å². The van der Waals surface area contributed by atoms with Gasteiger partial charge in [0.1, 0.15) is 5.75 Å². The molecule has 0 saturated carbocycles. The van der Waals surface area contributed by atoms with Crippen LogP contribution in [0, 0.1) is 12.8 Å². The molecule has 5 heteroatoms. The molecule has 0 bridgehead atoms. The van der Waals surface area contributed by atoms with Crippen molar-refractivity contribution in [3.8, 4) is 5.75 Å². The molecule has 2 rings (SSSR count). The molecule has 0 radical (unpaired) electrons. The summed E-state index contributed by atoms with van der Waals surface area (Å²) >= 11 is 0. The quantitative estimate of drug-likeness (QED) is 0.879. The van der Waals surface area contributed by atoms with E-state index in [4.69, 9.17) is 4.74 Å². The van der Waals surface area contributed by atoms with Crippen molar-refractivity contribution in [2.75, 3.05) is 38.6 Å². The molecule has 1 heterocycles. The second-order valence-electron chi connectivity index (χ2n) is 5.92. The Morgan fingerprint density at radius 2 is 2.27 bits per heavy atom. The Hall–Kier alpha value is -1.75. The summed E-state index contributed by atoms with van der Waals surface area (Å²) in [7, 11) is 1.64. The van der Waals surface area contributed by atoms with E-state index in [1.807, 2.05) is 25.1 Å². The van der Waals surface area contributed by atoms with Gasteiger partial charge < -0.3 is 20.3 Å². The van der Waals surface area contributed by atoms with E-state index >= 15 is 0 Å². The minimum absolute atomic E-state index is 0.137. The molecule has 1 aromatic rings. The van der Waals surface area contributed by atoms with Crippen molar-refractivity contribution in [1.29, 1.82) is 0 Å². The molecule has 2 N–H and O–H groups in total. The molecule has 2 amide bonds. The molecule has 0 aromatic heterocycles. The topological polar surface area (TPSA) is 53.6 Å². The molecule has 1 aliphatic heterocycles. The lowest BCUT2D eigenvalue weighted by Crippen LogP contribution is -2.41. The van der Waals surface area contributed by atoms with Gasteiger partial charge in [0.05, 0.1) is 7.11 Å². The minimum Gasteiger partial charge on any atom is -0.497 e. The van der Waals surface area contributed by atoms with Crippen molar-refractivity contribution >= 4 is 11.7 Å². The molecular formula is C17H27N3O2. The highest BCUT2D eigenvalue weighted by Gasteiger charge is 2.19. The number of aryl methyl sites for hydroxylation is 1. The van der Waals surface area contributed by atoms with Crippen LogP contribution >= 0.6 is 0 Å². The maximum absolute atomic E-state index is 12.0. The molecule has 122 valence electrons. The van der Waals surface area contributed by atoms with Crippen LogP contribution in [0.25, 0.3) is 0 Å². The number of nitrogens with zero attached hydrogens (tertiary/aromatic N) is 1.